The standard InChI is InChI=1S/C24H21N7/c1-16-9-19(7-8-25-16)22-6-3-17(11-26-22)12-27-24-21-5-4-18(10-23(21)28-15-29-24)20-13-30-31(2)14-20/h3-11,13-15H,12H2,1-2H3,(H,27,28,29). The number of aromatic nitrogens is 6. The van der Waals surface area contributed by atoms with Gasteiger partial charge in [-0.2, -0.15) is 5.10 Å². The van der Waals surface area contributed by atoms with E-state index >= 15 is 0 Å². The molecule has 0 bridgehead atoms. The lowest BCUT2D eigenvalue weighted by atomic mass is 10.1. The molecule has 152 valence electrons. The number of anilines is 1. The zero-order valence-electron chi connectivity index (χ0n) is 17.3. The molecular formula is C24H21N7. The van der Waals surface area contributed by atoms with Gasteiger partial charge in [-0.1, -0.05) is 12.1 Å². The van der Waals surface area contributed by atoms with Crippen molar-refractivity contribution in [2.75, 3.05) is 5.32 Å². The molecule has 0 aliphatic carbocycles. The molecule has 0 atom stereocenters. The zero-order chi connectivity index (χ0) is 21.2. The van der Waals surface area contributed by atoms with Crippen molar-refractivity contribution in [2.24, 2.45) is 7.05 Å². The Kier molecular flexibility index (Phi) is 4.84. The van der Waals surface area contributed by atoms with Crippen LogP contribution in [0.5, 0.6) is 0 Å². The fraction of sp³-hybridized carbons (Fsp3) is 0.125. The average Bonchev–Trinajstić information content (AvgIpc) is 3.24. The number of pyridine rings is 2. The lowest BCUT2D eigenvalue weighted by Gasteiger charge is -2.10. The van der Waals surface area contributed by atoms with Gasteiger partial charge in [0.25, 0.3) is 0 Å². The molecule has 4 heterocycles. The molecule has 0 aliphatic heterocycles. The first-order valence-corrected chi connectivity index (χ1v) is 10.0. The van der Waals surface area contributed by atoms with E-state index in [0.29, 0.717) is 6.54 Å². The van der Waals surface area contributed by atoms with Crippen molar-refractivity contribution in [3.8, 4) is 22.4 Å². The third-order valence-corrected chi connectivity index (χ3v) is 5.15. The van der Waals surface area contributed by atoms with Crippen molar-refractivity contribution in [3.05, 3.63) is 84.8 Å². The van der Waals surface area contributed by atoms with Gasteiger partial charge in [0.2, 0.25) is 0 Å². The van der Waals surface area contributed by atoms with Gasteiger partial charge in [-0.3, -0.25) is 14.6 Å². The number of fused-ring (bicyclic) bond motifs is 1. The molecule has 31 heavy (non-hydrogen) atoms. The molecule has 5 aromatic rings. The first kappa shape index (κ1) is 18.9. The van der Waals surface area contributed by atoms with Gasteiger partial charge in [0.1, 0.15) is 12.1 Å². The molecule has 0 unspecified atom stereocenters. The monoisotopic (exact) mass is 407 g/mol. The molecule has 0 radical (unpaired) electrons. The molecule has 7 nitrogen and oxygen atoms in total. The molecule has 0 saturated heterocycles. The smallest absolute Gasteiger partial charge is 0.137 e. The number of aryl methyl sites for hydroxylation is 2. The predicted octanol–water partition coefficient (Wildman–Crippen LogP) is 4.41. The van der Waals surface area contributed by atoms with Gasteiger partial charge in [0.05, 0.1) is 17.4 Å². The minimum absolute atomic E-state index is 0.624. The second-order valence-electron chi connectivity index (χ2n) is 7.45. The van der Waals surface area contributed by atoms with Crippen LogP contribution in [0.3, 0.4) is 0 Å². The van der Waals surface area contributed by atoms with Gasteiger partial charge in [-0.25, -0.2) is 9.97 Å². The maximum Gasteiger partial charge on any atom is 0.137 e. The Labute approximate surface area is 179 Å². The van der Waals surface area contributed by atoms with Crippen molar-refractivity contribution in [1.29, 1.82) is 0 Å². The summed E-state index contributed by atoms with van der Waals surface area (Å²) in [4.78, 5) is 17.7. The second kappa shape index (κ2) is 7.95. The lowest BCUT2D eigenvalue weighted by molar-refractivity contribution is 0.768. The fourth-order valence-electron chi connectivity index (χ4n) is 3.54. The van der Waals surface area contributed by atoms with Crippen LogP contribution in [0.25, 0.3) is 33.3 Å². The van der Waals surface area contributed by atoms with Gasteiger partial charge in [-0.05, 0) is 48.4 Å². The van der Waals surface area contributed by atoms with Crippen molar-refractivity contribution < 1.29 is 0 Å². The second-order valence-corrected chi connectivity index (χ2v) is 7.45. The van der Waals surface area contributed by atoms with Crippen molar-refractivity contribution in [1.82, 2.24) is 29.7 Å². The molecule has 0 aliphatic rings. The van der Waals surface area contributed by atoms with Crippen LogP contribution in [0.15, 0.2) is 73.6 Å². The number of nitrogens with one attached hydrogen (secondary N) is 1. The van der Waals surface area contributed by atoms with Crippen LogP contribution in [0.1, 0.15) is 11.3 Å². The van der Waals surface area contributed by atoms with Gasteiger partial charge in [0.15, 0.2) is 0 Å². The Hall–Kier alpha value is -4.13. The molecule has 0 spiro atoms. The first-order valence-electron chi connectivity index (χ1n) is 10.0. The molecule has 0 saturated carbocycles. The summed E-state index contributed by atoms with van der Waals surface area (Å²) in [5.41, 5.74) is 7.09. The number of rotatable bonds is 5. The summed E-state index contributed by atoms with van der Waals surface area (Å²) in [6.07, 6.45) is 9.13. The van der Waals surface area contributed by atoms with Gasteiger partial charge in [-0.15, -0.1) is 0 Å². The van der Waals surface area contributed by atoms with Crippen LogP contribution in [-0.2, 0) is 13.6 Å². The van der Waals surface area contributed by atoms with Crippen molar-refractivity contribution in [3.63, 3.8) is 0 Å². The van der Waals surface area contributed by atoms with Gasteiger partial charge in [0, 0.05) is 54.4 Å². The Morgan fingerprint density at radius 3 is 2.58 bits per heavy atom. The third-order valence-electron chi connectivity index (χ3n) is 5.15. The average molecular weight is 407 g/mol. The normalized spacial score (nSPS) is 11.0. The summed E-state index contributed by atoms with van der Waals surface area (Å²) in [5.74, 6) is 0.802. The van der Waals surface area contributed by atoms with E-state index in [2.05, 4.69) is 48.6 Å². The maximum absolute atomic E-state index is 4.60. The van der Waals surface area contributed by atoms with Crippen molar-refractivity contribution in [2.45, 2.75) is 13.5 Å². The molecule has 0 fully saturated rings. The summed E-state index contributed by atoms with van der Waals surface area (Å²) in [6, 6.07) is 14.3. The molecular weight excluding hydrogens is 386 g/mol. The van der Waals surface area contributed by atoms with E-state index < -0.39 is 0 Å². The quantitative estimate of drug-likeness (QED) is 0.465. The largest absolute Gasteiger partial charge is 0.365 e. The summed E-state index contributed by atoms with van der Waals surface area (Å²) in [7, 11) is 1.91. The Balaban J connectivity index is 1.34. The molecule has 7 heteroatoms. The van der Waals surface area contributed by atoms with Crippen LogP contribution < -0.4 is 5.32 Å². The van der Waals surface area contributed by atoms with Crippen LogP contribution >= 0.6 is 0 Å². The molecule has 0 amide bonds. The minimum Gasteiger partial charge on any atom is -0.365 e. The number of nitrogens with zero attached hydrogens (tertiary/aromatic N) is 6. The minimum atomic E-state index is 0.624. The molecule has 1 aromatic carbocycles. The highest BCUT2D eigenvalue weighted by atomic mass is 15.2. The van der Waals surface area contributed by atoms with Gasteiger partial charge < -0.3 is 5.32 Å². The van der Waals surface area contributed by atoms with E-state index in [1.807, 2.05) is 63.0 Å². The highest BCUT2D eigenvalue weighted by Gasteiger charge is 2.08. The highest BCUT2D eigenvalue weighted by Crippen LogP contribution is 2.26. The lowest BCUT2D eigenvalue weighted by Crippen LogP contribution is -2.03. The Bertz CT molecular complexity index is 1360. The Morgan fingerprint density at radius 1 is 0.871 bits per heavy atom. The third kappa shape index (κ3) is 3.98. The van der Waals surface area contributed by atoms with E-state index in [4.69, 9.17) is 0 Å². The van der Waals surface area contributed by atoms with Crippen molar-refractivity contribution >= 4 is 16.7 Å². The van der Waals surface area contributed by atoms with E-state index in [-0.39, 0.29) is 0 Å². The SMILES string of the molecule is Cc1cc(-c2ccc(CNc3ncnc4cc(-c5cnn(C)c5)ccc34)cn2)ccn1. The molecule has 1 N–H and O–H groups in total. The summed E-state index contributed by atoms with van der Waals surface area (Å²) in [6.45, 7) is 2.60. The fourth-order valence-corrected chi connectivity index (χ4v) is 3.54. The maximum atomic E-state index is 4.60. The summed E-state index contributed by atoms with van der Waals surface area (Å²) >= 11 is 0. The molecule has 4 aromatic heterocycles. The number of benzene rings is 1. The Morgan fingerprint density at radius 2 is 1.81 bits per heavy atom. The van der Waals surface area contributed by atoms with Gasteiger partial charge >= 0.3 is 0 Å². The van der Waals surface area contributed by atoms with Crippen LogP contribution in [0.4, 0.5) is 5.82 Å². The zero-order valence-corrected chi connectivity index (χ0v) is 17.3. The number of hydrogen-bond acceptors (Lipinski definition) is 6. The summed E-state index contributed by atoms with van der Waals surface area (Å²) < 4.78 is 1.79. The van der Waals surface area contributed by atoms with E-state index in [0.717, 1.165) is 50.4 Å². The number of hydrogen-bond donors (Lipinski definition) is 1. The van der Waals surface area contributed by atoms with Crippen LogP contribution in [-0.4, -0.2) is 29.7 Å². The predicted molar refractivity (Wildman–Crippen MR) is 121 cm³/mol. The van der Waals surface area contributed by atoms with E-state index in [9.17, 15) is 0 Å². The molecule has 5 rings (SSSR count). The summed E-state index contributed by atoms with van der Waals surface area (Å²) in [5, 5.41) is 8.64. The topological polar surface area (TPSA) is 81.4 Å². The highest BCUT2D eigenvalue weighted by molar-refractivity contribution is 5.91. The van der Waals surface area contributed by atoms with Crippen LogP contribution in [0, 0.1) is 6.92 Å². The first-order chi connectivity index (χ1) is 15.2. The van der Waals surface area contributed by atoms with E-state index in [1.54, 1.807) is 11.0 Å². The van der Waals surface area contributed by atoms with E-state index in [1.165, 1.54) is 0 Å². The van der Waals surface area contributed by atoms with Crippen LogP contribution in [0.2, 0.25) is 0 Å².